The van der Waals surface area contributed by atoms with Crippen LogP contribution in [0.2, 0.25) is 0 Å². The lowest BCUT2D eigenvalue weighted by molar-refractivity contribution is -0.937. The smallest absolute Gasteiger partial charge is 0.265 e. The molecule has 3 unspecified atom stereocenters. The molecule has 0 amide bonds. The number of carbonyl (C=O) groups excluding carboxylic acids is 1. The number of unbranched alkanes of at least 4 members (excludes halogenated alkanes) is 1. The summed E-state index contributed by atoms with van der Waals surface area (Å²) in [5.74, 6) is 0.730. The van der Waals surface area contributed by atoms with E-state index in [1.54, 1.807) is 0 Å². The normalized spacial score (nSPS) is 29.8. The highest BCUT2D eigenvalue weighted by atomic mass is 32.2. The molecule has 0 aromatic rings. The van der Waals surface area contributed by atoms with Crippen LogP contribution in [-0.2, 0) is 14.9 Å². The van der Waals surface area contributed by atoms with Crippen molar-refractivity contribution in [3.8, 4) is 0 Å². The summed E-state index contributed by atoms with van der Waals surface area (Å²) in [4.78, 5) is 11.9. The van der Waals surface area contributed by atoms with Gasteiger partial charge in [0.1, 0.15) is 5.78 Å². The summed E-state index contributed by atoms with van der Waals surface area (Å²) in [6.45, 7) is 13.8. The lowest BCUT2D eigenvalue weighted by atomic mass is 9.70. The number of quaternary nitrogens is 1. The summed E-state index contributed by atoms with van der Waals surface area (Å²) in [5.41, 5.74) is -1.12. The summed E-state index contributed by atoms with van der Waals surface area (Å²) >= 11 is 0. The Hall–Kier alpha value is -0.460. The summed E-state index contributed by atoms with van der Waals surface area (Å²) in [6.07, 6.45) is 15.1. The molecule has 0 saturated heterocycles. The molecule has 1 N–H and O–H groups in total. The van der Waals surface area contributed by atoms with Gasteiger partial charge in [-0.15, -0.1) is 0 Å². The van der Waals surface area contributed by atoms with Gasteiger partial charge in [0, 0.05) is 12.3 Å². The fraction of sp³-hybridized carbons (Fsp3) is 0.963. The molecular formula is C27H52NO4S+. The lowest BCUT2D eigenvalue weighted by Gasteiger charge is -2.44. The van der Waals surface area contributed by atoms with Crippen LogP contribution in [0.15, 0.2) is 0 Å². The van der Waals surface area contributed by atoms with Crippen molar-refractivity contribution in [2.75, 3.05) is 25.9 Å². The minimum atomic E-state index is -4.08. The van der Waals surface area contributed by atoms with Gasteiger partial charge in [0.05, 0.1) is 37.3 Å². The third-order valence-corrected chi connectivity index (χ3v) is 10.2. The number of rotatable bonds is 8. The second-order valence-corrected chi connectivity index (χ2v) is 14.0. The van der Waals surface area contributed by atoms with Crippen LogP contribution in [-0.4, -0.2) is 55.2 Å². The molecular weight excluding hydrogens is 434 g/mol. The van der Waals surface area contributed by atoms with Crippen LogP contribution in [0.3, 0.4) is 0 Å². The van der Waals surface area contributed by atoms with E-state index in [4.69, 9.17) is 4.55 Å². The first-order valence-corrected chi connectivity index (χ1v) is 15.2. The molecule has 5 nitrogen and oxygen atoms in total. The maximum Gasteiger partial charge on any atom is 0.265 e. The molecule has 0 heterocycles. The molecule has 3 aliphatic carbocycles. The van der Waals surface area contributed by atoms with Crippen LogP contribution < -0.4 is 0 Å². The highest BCUT2D eigenvalue weighted by Gasteiger charge is 2.65. The number of Topliss-reactive ketones (excluding diaryl/α,β-unsaturated/α-hetero) is 1. The molecule has 3 fully saturated rings. The monoisotopic (exact) mass is 486 g/mol. The van der Waals surface area contributed by atoms with Crippen molar-refractivity contribution in [3.63, 3.8) is 0 Å². The summed E-state index contributed by atoms with van der Waals surface area (Å²) in [7, 11) is -1.53. The molecule has 3 saturated carbocycles. The van der Waals surface area contributed by atoms with E-state index < -0.39 is 21.3 Å². The van der Waals surface area contributed by atoms with Crippen LogP contribution in [0.25, 0.3) is 0 Å². The SMILES string of the molecule is CC1(C)C2CCC1(CS(=O)(=O)O)C(=O)C2.CCCC[N+](C)(CC(C)C)C1CCCCCCC1. The Morgan fingerprint density at radius 1 is 1.06 bits per heavy atom. The Kier molecular flexibility index (Phi) is 10.0. The summed E-state index contributed by atoms with van der Waals surface area (Å²) < 4.78 is 32.3. The highest BCUT2D eigenvalue weighted by Crippen LogP contribution is 2.64. The summed E-state index contributed by atoms with van der Waals surface area (Å²) in [6, 6.07) is 0.944. The Morgan fingerprint density at radius 3 is 2.06 bits per heavy atom. The van der Waals surface area contributed by atoms with Gasteiger partial charge in [0.25, 0.3) is 10.1 Å². The van der Waals surface area contributed by atoms with Gasteiger partial charge >= 0.3 is 0 Å². The Morgan fingerprint density at radius 2 is 1.64 bits per heavy atom. The van der Waals surface area contributed by atoms with Crippen LogP contribution in [0.4, 0.5) is 0 Å². The number of carbonyl (C=O) groups is 1. The highest BCUT2D eigenvalue weighted by molar-refractivity contribution is 7.85. The average Bonchev–Trinajstić information content (AvgIpc) is 2.99. The first-order valence-electron chi connectivity index (χ1n) is 13.6. The van der Waals surface area contributed by atoms with Crippen molar-refractivity contribution in [1.29, 1.82) is 0 Å². The molecule has 194 valence electrons. The zero-order valence-electron chi connectivity index (χ0n) is 22.4. The van der Waals surface area contributed by atoms with Gasteiger partial charge in [-0.25, -0.2) is 0 Å². The molecule has 2 bridgehead atoms. The van der Waals surface area contributed by atoms with Crippen molar-refractivity contribution in [1.82, 2.24) is 0 Å². The molecule has 0 aromatic carbocycles. The van der Waals surface area contributed by atoms with E-state index in [0.29, 0.717) is 12.8 Å². The van der Waals surface area contributed by atoms with E-state index >= 15 is 0 Å². The maximum absolute atomic E-state index is 11.9. The quantitative estimate of drug-likeness (QED) is 0.324. The van der Waals surface area contributed by atoms with Gasteiger partial charge in [0.15, 0.2) is 0 Å². The predicted molar refractivity (Wildman–Crippen MR) is 137 cm³/mol. The molecule has 3 atom stereocenters. The van der Waals surface area contributed by atoms with E-state index in [0.717, 1.165) is 18.4 Å². The number of nitrogens with zero attached hydrogens (tertiary/aromatic N) is 1. The fourth-order valence-electron chi connectivity index (χ4n) is 7.25. The van der Waals surface area contributed by atoms with E-state index in [9.17, 15) is 13.2 Å². The minimum absolute atomic E-state index is 0.0152. The fourth-order valence-corrected chi connectivity index (χ4v) is 8.55. The first kappa shape index (κ1) is 28.8. The molecule has 0 radical (unpaired) electrons. The summed E-state index contributed by atoms with van der Waals surface area (Å²) in [5, 5.41) is 0. The number of hydrogen-bond acceptors (Lipinski definition) is 3. The first-order chi connectivity index (χ1) is 15.3. The second-order valence-electron chi connectivity index (χ2n) is 12.5. The third-order valence-electron chi connectivity index (χ3n) is 9.33. The predicted octanol–water partition coefficient (Wildman–Crippen LogP) is 6.27. The van der Waals surface area contributed by atoms with E-state index in [1.165, 1.54) is 75.4 Å². The van der Waals surface area contributed by atoms with Gasteiger partial charge in [-0.1, -0.05) is 60.3 Å². The van der Waals surface area contributed by atoms with Gasteiger partial charge in [-0.3, -0.25) is 9.35 Å². The number of ketones is 1. The zero-order valence-corrected chi connectivity index (χ0v) is 23.2. The Labute approximate surface area is 204 Å². The minimum Gasteiger partial charge on any atom is -0.323 e. The van der Waals surface area contributed by atoms with Crippen molar-refractivity contribution >= 4 is 15.9 Å². The molecule has 0 spiro atoms. The molecule has 33 heavy (non-hydrogen) atoms. The van der Waals surface area contributed by atoms with Crippen LogP contribution in [0.5, 0.6) is 0 Å². The zero-order chi connectivity index (χ0) is 24.9. The average molecular weight is 487 g/mol. The Balaban J connectivity index is 0.000000237. The third kappa shape index (κ3) is 7.04. The topological polar surface area (TPSA) is 71.4 Å². The van der Waals surface area contributed by atoms with Crippen LogP contribution in [0, 0.1) is 22.7 Å². The largest absolute Gasteiger partial charge is 0.323 e. The van der Waals surface area contributed by atoms with E-state index in [1.807, 2.05) is 13.8 Å². The molecule has 3 rings (SSSR count). The molecule has 3 aliphatic rings. The van der Waals surface area contributed by atoms with Gasteiger partial charge in [0.2, 0.25) is 0 Å². The standard InChI is InChI=1S/C17H36N.C10H16O4S/c1-5-6-14-18(4,15-16(2)3)17-12-10-8-7-9-11-13-17;1-9(2)7-3-4-10(9,8(11)5-7)6-15(12,13)14/h16-17H,5-15H2,1-4H3;7H,3-6H2,1-2H3,(H,12,13,14)/q+1;. The van der Waals surface area contributed by atoms with Crippen molar-refractivity contribution in [2.45, 2.75) is 118 Å². The maximum atomic E-state index is 11.9. The van der Waals surface area contributed by atoms with Crippen LogP contribution in [0.1, 0.15) is 112 Å². The number of fused-ring (bicyclic) bond motifs is 2. The van der Waals surface area contributed by atoms with Crippen molar-refractivity contribution in [3.05, 3.63) is 0 Å². The van der Waals surface area contributed by atoms with Crippen LogP contribution >= 0.6 is 0 Å². The van der Waals surface area contributed by atoms with Gasteiger partial charge in [-0.05, 0) is 56.3 Å². The lowest BCUT2D eigenvalue weighted by Crippen LogP contribution is -2.54. The van der Waals surface area contributed by atoms with E-state index in [-0.39, 0.29) is 17.1 Å². The van der Waals surface area contributed by atoms with Crippen molar-refractivity contribution in [2.24, 2.45) is 22.7 Å². The van der Waals surface area contributed by atoms with Gasteiger partial charge in [-0.2, -0.15) is 8.42 Å². The molecule has 6 heteroatoms. The van der Waals surface area contributed by atoms with Gasteiger partial charge < -0.3 is 4.48 Å². The van der Waals surface area contributed by atoms with Crippen molar-refractivity contribution < 1.29 is 22.2 Å². The van der Waals surface area contributed by atoms with E-state index in [2.05, 4.69) is 27.8 Å². The molecule has 0 aromatic heterocycles. The number of hydrogen-bond donors (Lipinski definition) is 1. The Bertz CT molecular complexity index is 739. The second kappa shape index (κ2) is 11.5. The molecule has 0 aliphatic heterocycles.